The first kappa shape index (κ1) is 23.1. The van der Waals surface area contributed by atoms with Crippen molar-refractivity contribution in [1.29, 1.82) is 0 Å². The Morgan fingerprint density at radius 1 is 1.36 bits per heavy atom. The van der Waals surface area contributed by atoms with E-state index < -0.39 is 15.5 Å². The van der Waals surface area contributed by atoms with Crippen LogP contribution >= 0.6 is 0 Å². The molecule has 11 heteroatoms. The van der Waals surface area contributed by atoms with E-state index in [4.69, 9.17) is 32.8 Å². The molecule has 0 amide bonds. The summed E-state index contributed by atoms with van der Waals surface area (Å²) in [6.45, 7) is 0. The summed E-state index contributed by atoms with van der Waals surface area (Å²) in [5.74, 6) is 0. The molecule has 0 spiro atoms. The van der Waals surface area contributed by atoms with Gasteiger partial charge < -0.3 is 8.06 Å². The van der Waals surface area contributed by atoms with Crippen molar-refractivity contribution in [2.45, 2.75) is 0 Å². The smallest absolute Gasteiger partial charge is 1.00 e. The standard InChI is InChI=1S/Ba.Ca.HNO3.H2O4S.2H/c;;2-1(3)4;1-5(2,3)4;;/h;;(H,2,3,4);(H2,1,2,3,4);;/q2*+2;;;2*-1. The summed E-state index contributed by atoms with van der Waals surface area (Å²) in [6.07, 6.45) is 0. The van der Waals surface area contributed by atoms with Crippen LogP contribution < -0.4 is 0 Å². The van der Waals surface area contributed by atoms with Crippen molar-refractivity contribution < 1.29 is 30.7 Å². The summed E-state index contributed by atoms with van der Waals surface area (Å²) in [5, 5.41) is 13.6. The Labute approximate surface area is 135 Å². The molecular weight excluding hydrogens is 335 g/mol. The van der Waals surface area contributed by atoms with Crippen molar-refractivity contribution in [2.24, 2.45) is 0 Å². The minimum atomic E-state index is -4.67. The molecule has 0 heterocycles. The maximum absolute atomic E-state index is 8.74. The molecule has 0 bridgehead atoms. The Morgan fingerprint density at radius 2 is 1.36 bits per heavy atom. The van der Waals surface area contributed by atoms with Crippen molar-refractivity contribution in [3.05, 3.63) is 10.1 Å². The molecule has 0 aliphatic rings. The van der Waals surface area contributed by atoms with Crippen LogP contribution in [0.25, 0.3) is 0 Å². The Bertz CT molecular complexity index is 169. The van der Waals surface area contributed by atoms with Gasteiger partial charge in [-0.2, -0.15) is 8.42 Å². The van der Waals surface area contributed by atoms with Crippen molar-refractivity contribution >= 4 is 97.0 Å². The molecule has 0 aliphatic carbocycles. The number of hydrogen-bond acceptors (Lipinski definition) is 4. The number of hydrogen-bond donors (Lipinski definition) is 3. The first-order chi connectivity index (χ1) is 3.73. The molecule has 0 saturated carbocycles. The van der Waals surface area contributed by atoms with Gasteiger partial charge in [0.25, 0.3) is 5.09 Å². The van der Waals surface area contributed by atoms with E-state index in [1.807, 2.05) is 0 Å². The second-order valence-electron chi connectivity index (χ2n) is 0.686. The molecule has 3 N–H and O–H groups in total. The summed E-state index contributed by atoms with van der Waals surface area (Å²) in [4.78, 5) is 8.36. The summed E-state index contributed by atoms with van der Waals surface area (Å²) >= 11 is 0. The third-order valence-corrected chi connectivity index (χ3v) is 0. The molecule has 0 aromatic heterocycles. The zero-order chi connectivity index (χ0) is 8.08. The SMILES string of the molecule is O=S(=O)(O)O.O=[N+]([O-])O.[Ba+2].[Ca+2].[H-].[H-]. The van der Waals surface area contributed by atoms with E-state index in [1.54, 1.807) is 0 Å². The maximum Gasteiger partial charge on any atom is 2.00 e. The molecule has 0 fully saturated rings. The number of rotatable bonds is 0. The van der Waals surface area contributed by atoms with Gasteiger partial charge in [-0.25, -0.2) is 0 Å². The van der Waals surface area contributed by atoms with Gasteiger partial charge in [0.1, 0.15) is 0 Å². The quantitative estimate of drug-likeness (QED) is 0.210. The van der Waals surface area contributed by atoms with Gasteiger partial charge in [0.2, 0.25) is 0 Å². The molecule has 11 heavy (non-hydrogen) atoms. The van der Waals surface area contributed by atoms with Crippen LogP contribution in [0.5, 0.6) is 0 Å². The van der Waals surface area contributed by atoms with Crippen LogP contribution in [-0.4, -0.2) is 114 Å². The molecule has 0 saturated heterocycles. The van der Waals surface area contributed by atoms with Crippen LogP contribution in [0.4, 0.5) is 0 Å². The first-order valence-electron chi connectivity index (χ1n) is 1.26. The van der Waals surface area contributed by atoms with Crippen LogP contribution in [0.3, 0.4) is 0 Å². The van der Waals surface area contributed by atoms with Gasteiger partial charge in [0.05, 0.1) is 0 Å². The Balaban J connectivity index is -0.0000000146. The predicted octanol–water partition coefficient (Wildman–Crippen LogP) is -1.54. The van der Waals surface area contributed by atoms with Crippen molar-refractivity contribution in [3.8, 4) is 0 Å². The third-order valence-electron chi connectivity index (χ3n) is 0. The molecule has 0 rings (SSSR count). The summed E-state index contributed by atoms with van der Waals surface area (Å²) < 4.78 is 31.6. The third kappa shape index (κ3) is 323. The fourth-order valence-electron chi connectivity index (χ4n) is 0. The average molecular weight is 341 g/mol. The molecule has 0 radical (unpaired) electrons. The van der Waals surface area contributed by atoms with E-state index >= 15 is 0 Å². The molecule has 60 valence electrons. The van der Waals surface area contributed by atoms with Crippen molar-refractivity contribution in [2.75, 3.05) is 0 Å². The predicted molar refractivity (Wildman–Crippen MR) is 36.7 cm³/mol. The van der Waals surface area contributed by atoms with E-state index in [0.717, 1.165) is 0 Å². The Morgan fingerprint density at radius 3 is 1.36 bits per heavy atom. The van der Waals surface area contributed by atoms with Gasteiger partial charge in [-0.3, -0.25) is 9.11 Å². The summed E-state index contributed by atoms with van der Waals surface area (Å²) in [6, 6.07) is 0. The average Bonchev–Trinajstić information content (AvgIpc) is 1.19. The minimum absolute atomic E-state index is 0. The normalized spacial score (nSPS) is 7.45. The van der Waals surface area contributed by atoms with Gasteiger partial charge in [0.15, 0.2) is 0 Å². The largest absolute Gasteiger partial charge is 2.00 e. The molecular formula is H5BaCaNO7S+2. The monoisotopic (exact) mass is 341 g/mol. The maximum atomic E-state index is 8.74. The van der Waals surface area contributed by atoms with E-state index in [2.05, 4.69) is 0 Å². The van der Waals surface area contributed by atoms with Gasteiger partial charge in [-0.1, -0.05) is 0 Å². The molecule has 0 unspecified atom stereocenters. The summed E-state index contributed by atoms with van der Waals surface area (Å²) in [7, 11) is -4.67. The van der Waals surface area contributed by atoms with Gasteiger partial charge in [-0.05, 0) is 0 Å². The Kier molecular flexibility index (Phi) is 25.0. The van der Waals surface area contributed by atoms with E-state index in [1.165, 1.54) is 0 Å². The van der Waals surface area contributed by atoms with E-state index in [0.29, 0.717) is 0 Å². The van der Waals surface area contributed by atoms with Crippen molar-refractivity contribution in [1.82, 2.24) is 0 Å². The van der Waals surface area contributed by atoms with Gasteiger partial charge >= 0.3 is 97.0 Å². The van der Waals surface area contributed by atoms with Crippen LogP contribution in [0.2, 0.25) is 0 Å². The van der Waals surface area contributed by atoms with Crippen LogP contribution in [0, 0.1) is 10.1 Å². The molecule has 0 aromatic carbocycles. The molecule has 0 aromatic rings. The van der Waals surface area contributed by atoms with E-state index in [9.17, 15) is 0 Å². The first-order valence-corrected chi connectivity index (χ1v) is 2.66. The Hall–Kier alpha value is 1.90. The van der Waals surface area contributed by atoms with Crippen LogP contribution in [0.15, 0.2) is 0 Å². The fraction of sp³-hybridized carbons (Fsp3) is 0. The molecule has 8 nitrogen and oxygen atoms in total. The minimum Gasteiger partial charge on any atom is -1.00 e. The zero-order valence-corrected chi connectivity index (χ0v) is 12.7. The molecule has 0 aliphatic heterocycles. The van der Waals surface area contributed by atoms with Crippen LogP contribution in [0.1, 0.15) is 2.85 Å². The number of nitrogens with zero attached hydrogens (tertiary/aromatic N) is 1. The summed E-state index contributed by atoms with van der Waals surface area (Å²) in [5.41, 5.74) is 0. The topological polar surface area (TPSA) is 138 Å². The van der Waals surface area contributed by atoms with E-state index in [-0.39, 0.29) is 89.5 Å². The second kappa shape index (κ2) is 11.9. The van der Waals surface area contributed by atoms with Gasteiger partial charge in [0, 0.05) is 0 Å². The van der Waals surface area contributed by atoms with Gasteiger partial charge in [-0.15, -0.1) is 10.1 Å². The zero-order valence-electron chi connectivity index (χ0n) is 7.24. The van der Waals surface area contributed by atoms with Crippen LogP contribution in [-0.2, 0) is 10.4 Å². The fourth-order valence-corrected chi connectivity index (χ4v) is 0. The van der Waals surface area contributed by atoms with Crippen molar-refractivity contribution in [3.63, 3.8) is 0 Å². The second-order valence-corrected chi connectivity index (χ2v) is 1.58. The molecule has 0 atom stereocenters.